The average Bonchev–Trinajstić information content (AvgIpc) is 2.61. The fourth-order valence-electron chi connectivity index (χ4n) is 3.56. The molecule has 1 fully saturated rings. The second-order valence-corrected chi connectivity index (χ2v) is 7.25. The average molecular weight is 331 g/mol. The maximum atomic E-state index is 12.2. The normalized spacial score (nSPS) is 20.8. The Morgan fingerprint density at radius 1 is 0.917 bits per heavy atom. The number of benzene rings is 1. The molecule has 0 amide bonds. The number of unbranched alkanes of at least 4 members (excludes halogenated alkanes) is 5. The van der Waals surface area contributed by atoms with Gasteiger partial charge in [0.05, 0.1) is 5.92 Å². The second-order valence-electron chi connectivity index (χ2n) is 7.25. The summed E-state index contributed by atoms with van der Waals surface area (Å²) in [6, 6.07) is 8.74. The van der Waals surface area contributed by atoms with Gasteiger partial charge in [0.15, 0.2) is 0 Å². The number of carbonyl (C=O) groups excluding carboxylic acids is 1. The Morgan fingerprint density at radius 3 is 2.29 bits per heavy atom. The molecular formula is C22H34O2. The predicted octanol–water partition coefficient (Wildman–Crippen LogP) is 6.38. The van der Waals surface area contributed by atoms with E-state index < -0.39 is 0 Å². The highest BCUT2D eigenvalue weighted by Crippen LogP contribution is 2.33. The minimum Gasteiger partial charge on any atom is -0.457 e. The summed E-state index contributed by atoms with van der Waals surface area (Å²) in [4.78, 5) is 12.2. The Kier molecular flexibility index (Phi) is 8.35. The minimum absolute atomic E-state index is 0.0194. The first-order valence-corrected chi connectivity index (χ1v) is 10.0. The Hall–Kier alpha value is -1.31. The number of hydrogen-bond donors (Lipinski definition) is 0. The van der Waals surface area contributed by atoms with Crippen LogP contribution in [-0.4, -0.2) is 5.97 Å². The zero-order chi connectivity index (χ0) is 17.2. The van der Waals surface area contributed by atoms with E-state index >= 15 is 0 Å². The second kappa shape index (κ2) is 10.5. The van der Waals surface area contributed by atoms with Crippen molar-refractivity contribution in [1.29, 1.82) is 0 Å². The van der Waals surface area contributed by atoms with Gasteiger partial charge in [0.25, 0.3) is 0 Å². The molecule has 1 heterocycles. The Bertz CT molecular complexity index is 477. The van der Waals surface area contributed by atoms with Gasteiger partial charge in [-0.15, -0.1) is 0 Å². The van der Waals surface area contributed by atoms with E-state index in [1.54, 1.807) is 0 Å². The van der Waals surface area contributed by atoms with Gasteiger partial charge >= 0.3 is 5.97 Å². The van der Waals surface area contributed by atoms with Gasteiger partial charge in [0, 0.05) is 0 Å². The Balaban J connectivity index is 1.79. The molecule has 2 rings (SSSR count). The largest absolute Gasteiger partial charge is 0.457 e. The maximum Gasteiger partial charge on any atom is 0.309 e. The monoisotopic (exact) mass is 330 g/mol. The van der Waals surface area contributed by atoms with Gasteiger partial charge in [-0.1, -0.05) is 76.6 Å². The lowest BCUT2D eigenvalue weighted by Gasteiger charge is -2.28. The number of carbonyl (C=O) groups is 1. The summed E-state index contributed by atoms with van der Waals surface area (Å²) in [5.41, 5.74) is 2.56. The van der Waals surface area contributed by atoms with E-state index in [1.807, 2.05) is 0 Å². The van der Waals surface area contributed by atoms with E-state index in [4.69, 9.17) is 4.74 Å². The molecular weight excluding hydrogens is 296 g/mol. The highest BCUT2D eigenvalue weighted by atomic mass is 16.5. The molecule has 1 aliphatic rings. The highest BCUT2D eigenvalue weighted by molar-refractivity contribution is 5.73. The van der Waals surface area contributed by atoms with Crippen molar-refractivity contribution < 1.29 is 9.53 Å². The van der Waals surface area contributed by atoms with Crippen molar-refractivity contribution in [2.24, 2.45) is 5.92 Å². The number of hydrogen-bond acceptors (Lipinski definition) is 2. The molecule has 2 nitrogen and oxygen atoms in total. The van der Waals surface area contributed by atoms with Crippen LogP contribution in [0.5, 0.6) is 0 Å². The SMILES string of the molecule is CCCCCCc1ccc(C2CCC(CCCCC)C(=O)O2)cc1. The van der Waals surface area contributed by atoms with Crippen LogP contribution >= 0.6 is 0 Å². The van der Waals surface area contributed by atoms with Gasteiger partial charge in [0.2, 0.25) is 0 Å². The molecule has 2 heteroatoms. The summed E-state index contributed by atoms with van der Waals surface area (Å²) in [7, 11) is 0. The van der Waals surface area contributed by atoms with Crippen LogP contribution in [0.25, 0.3) is 0 Å². The van der Waals surface area contributed by atoms with Crippen molar-refractivity contribution in [3.05, 3.63) is 35.4 Å². The predicted molar refractivity (Wildman–Crippen MR) is 100.0 cm³/mol. The van der Waals surface area contributed by atoms with Crippen molar-refractivity contribution in [2.75, 3.05) is 0 Å². The van der Waals surface area contributed by atoms with Gasteiger partial charge in [-0.3, -0.25) is 4.79 Å². The zero-order valence-corrected chi connectivity index (χ0v) is 15.6. The molecule has 2 atom stereocenters. The van der Waals surface area contributed by atoms with Crippen molar-refractivity contribution in [3.63, 3.8) is 0 Å². The lowest BCUT2D eigenvalue weighted by molar-refractivity contribution is -0.161. The van der Waals surface area contributed by atoms with Crippen LogP contribution in [0, 0.1) is 5.92 Å². The van der Waals surface area contributed by atoms with E-state index in [0.717, 1.165) is 37.7 Å². The maximum absolute atomic E-state index is 12.2. The molecule has 1 saturated heterocycles. The molecule has 2 unspecified atom stereocenters. The first-order valence-electron chi connectivity index (χ1n) is 10.0. The first-order chi connectivity index (χ1) is 11.7. The van der Waals surface area contributed by atoms with E-state index in [9.17, 15) is 4.79 Å². The lowest BCUT2D eigenvalue weighted by atomic mass is 9.90. The molecule has 0 bridgehead atoms. The molecule has 0 radical (unpaired) electrons. The molecule has 1 aromatic rings. The van der Waals surface area contributed by atoms with Crippen LogP contribution in [0.4, 0.5) is 0 Å². The fraction of sp³-hybridized carbons (Fsp3) is 0.682. The number of rotatable bonds is 10. The van der Waals surface area contributed by atoms with Crippen molar-refractivity contribution in [1.82, 2.24) is 0 Å². The van der Waals surface area contributed by atoms with Crippen LogP contribution < -0.4 is 0 Å². The summed E-state index contributed by atoms with van der Waals surface area (Å²) in [5.74, 6) is 0.150. The summed E-state index contributed by atoms with van der Waals surface area (Å²) in [6.45, 7) is 4.44. The molecule has 1 aromatic carbocycles. The fourth-order valence-corrected chi connectivity index (χ4v) is 3.56. The third-order valence-electron chi connectivity index (χ3n) is 5.20. The molecule has 0 aliphatic carbocycles. The molecule has 1 aliphatic heterocycles. The van der Waals surface area contributed by atoms with Crippen LogP contribution in [-0.2, 0) is 16.0 Å². The van der Waals surface area contributed by atoms with Crippen molar-refractivity contribution in [3.8, 4) is 0 Å². The van der Waals surface area contributed by atoms with Crippen LogP contribution in [0.15, 0.2) is 24.3 Å². The standard InChI is InChI=1S/C22H34O2/c1-3-5-7-9-10-18-12-14-19(15-13-18)21-17-16-20(22(23)24-21)11-8-6-4-2/h12-15,20-21H,3-11,16-17H2,1-2H3. The van der Waals surface area contributed by atoms with E-state index in [-0.39, 0.29) is 18.0 Å². The molecule has 24 heavy (non-hydrogen) atoms. The minimum atomic E-state index is -0.0333. The molecule has 134 valence electrons. The molecule has 0 aromatic heterocycles. The Labute approximate surface area is 148 Å². The van der Waals surface area contributed by atoms with Crippen molar-refractivity contribution >= 4 is 5.97 Å². The highest BCUT2D eigenvalue weighted by Gasteiger charge is 2.30. The van der Waals surface area contributed by atoms with Crippen LogP contribution in [0.3, 0.4) is 0 Å². The van der Waals surface area contributed by atoms with Gasteiger partial charge in [-0.25, -0.2) is 0 Å². The molecule has 0 saturated carbocycles. The van der Waals surface area contributed by atoms with E-state index in [2.05, 4.69) is 38.1 Å². The Morgan fingerprint density at radius 2 is 1.62 bits per heavy atom. The third kappa shape index (κ3) is 5.96. The third-order valence-corrected chi connectivity index (χ3v) is 5.20. The van der Waals surface area contributed by atoms with E-state index in [1.165, 1.54) is 44.1 Å². The number of ether oxygens (including phenoxy) is 1. The summed E-state index contributed by atoms with van der Waals surface area (Å²) >= 11 is 0. The molecule has 0 N–H and O–H groups in total. The lowest BCUT2D eigenvalue weighted by Crippen LogP contribution is -2.26. The summed E-state index contributed by atoms with van der Waals surface area (Å²) < 4.78 is 5.73. The first kappa shape index (κ1) is 19.0. The topological polar surface area (TPSA) is 26.3 Å². The summed E-state index contributed by atoms with van der Waals surface area (Å²) in [6.07, 6.45) is 12.8. The van der Waals surface area contributed by atoms with Crippen LogP contribution in [0.2, 0.25) is 0 Å². The van der Waals surface area contributed by atoms with Gasteiger partial charge in [0.1, 0.15) is 6.10 Å². The van der Waals surface area contributed by atoms with Gasteiger partial charge in [-0.2, -0.15) is 0 Å². The summed E-state index contributed by atoms with van der Waals surface area (Å²) in [5, 5.41) is 0. The smallest absolute Gasteiger partial charge is 0.309 e. The van der Waals surface area contributed by atoms with Crippen molar-refractivity contribution in [2.45, 2.75) is 90.6 Å². The number of cyclic esters (lactones) is 1. The number of esters is 1. The zero-order valence-electron chi connectivity index (χ0n) is 15.6. The quantitative estimate of drug-likeness (QED) is 0.367. The van der Waals surface area contributed by atoms with Crippen LogP contribution in [0.1, 0.15) is 95.3 Å². The van der Waals surface area contributed by atoms with E-state index in [0.29, 0.717) is 0 Å². The van der Waals surface area contributed by atoms with Gasteiger partial charge in [-0.05, 0) is 43.2 Å². The number of aryl methyl sites for hydroxylation is 1. The molecule has 0 spiro atoms. The van der Waals surface area contributed by atoms with Gasteiger partial charge < -0.3 is 4.74 Å².